The van der Waals surface area contributed by atoms with E-state index in [9.17, 15) is 9.90 Å². The zero-order chi connectivity index (χ0) is 20.4. The molecule has 0 bridgehead atoms. The lowest BCUT2D eigenvalue weighted by atomic mass is 10.1. The summed E-state index contributed by atoms with van der Waals surface area (Å²) in [6, 6.07) is 7.47. The van der Waals surface area contributed by atoms with Gasteiger partial charge in [0, 0.05) is 49.9 Å². The molecule has 3 N–H and O–H groups in total. The number of nitrogens with one attached hydrogen (secondary N) is 2. The summed E-state index contributed by atoms with van der Waals surface area (Å²) in [7, 11) is 1.66. The van der Waals surface area contributed by atoms with Gasteiger partial charge in [0.25, 0.3) is 5.56 Å². The van der Waals surface area contributed by atoms with Gasteiger partial charge in [-0.3, -0.25) is 4.79 Å². The first-order valence-electron chi connectivity index (χ1n) is 9.50. The third-order valence-electron chi connectivity index (χ3n) is 4.24. The Morgan fingerprint density at radius 1 is 1.32 bits per heavy atom. The normalized spacial score (nSPS) is 10.8. The molecule has 0 radical (unpaired) electrons. The third-order valence-corrected chi connectivity index (χ3v) is 4.64. The zero-order valence-corrected chi connectivity index (χ0v) is 17.3. The Hall–Kier alpha value is -2.16. The molecule has 1 aromatic carbocycles. The topological polar surface area (TPSA) is 86.8 Å². The van der Waals surface area contributed by atoms with Crippen LogP contribution >= 0.6 is 12.2 Å². The SMILES string of the molecule is CCOc1ccc2[nH]c(=O)c(CN(CCCO)C(=S)NCCCOC)cc2c1. The van der Waals surface area contributed by atoms with Crippen molar-refractivity contribution in [3.05, 3.63) is 40.2 Å². The number of aliphatic hydroxyl groups excluding tert-OH is 1. The van der Waals surface area contributed by atoms with Crippen molar-refractivity contribution in [2.45, 2.75) is 26.3 Å². The smallest absolute Gasteiger partial charge is 0.253 e. The standard InChI is InChI=1S/C20H29N3O4S/c1-3-27-17-6-7-18-15(13-17)12-16(19(25)22-18)14-23(9-5-10-24)20(28)21-8-4-11-26-2/h6-7,12-13,24H,3-5,8-11,14H2,1-2H3,(H,21,28)(H,22,25). The van der Waals surface area contributed by atoms with Crippen LogP contribution in [0.15, 0.2) is 29.1 Å². The molecule has 154 valence electrons. The highest BCUT2D eigenvalue weighted by Crippen LogP contribution is 2.19. The van der Waals surface area contributed by atoms with Crippen LogP contribution in [-0.2, 0) is 11.3 Å². The lowest BCUT2D eigenvalue weighted by Crippen LogP contribution is -2.41. The van der Waals surface area contributed by atoms with Gasteiger partial charge in [-0.1, -0.05) is 0 Å². The Labute approximate surface area is 170 Å². The summed E-state index contributed by atoms with van der Waals surface area (Å²) >= 11 is 5.49. The van der Waals surface area contributed by atoms with E-state index in [0.29, 0.717) is 49.9 Å². The largest absolute Gasteiger partial charge is 0.494 e. The molecule has 8 heteroatoms. The molecule has 0 fully saturated rings. The Balaban J connectivity index is 2.18. The molecule has 0 aliphatic heterocycles. The summed E-state index contributed by atoms with van der Waals surface area (Å²) < 4.78 is 10.6. The molecule has 2 rings (SSSR count). The van der Waals surface area contributed by atoms with Crippen LogP contribution in [0.3, 0.4) is 0 Å². The summed E-state index contributed by atoms with van der Waals surface area (Å²) in [5.74, 6) is 0.764. The van der Waals surface area contributed by atoms with E-state index < -0.39 is 0 Å². The van der Waals surface area contributed by atoms with Gasteiger partial charge in [0.1, 0.15) is 5.75 Å². The van der Waals surface area contributed by atoms with Gasteiger partial charge in [-0.25, -0.2) is 0 Å². The summed E-state index contributed by atoms with van der Waals surface area (Å²) in [5, 5.41) is 13.9. The Morgan fingerprint density at radius 3 is 2.86 bits per heavy atom. The van der Waals surface area contributed by atoms with Crippen LogP contribution in [0.2, 0.25) is 0 Å². The van der Waals surface area contributed by atoms with E-state index in [1.54, 1.807) is 7.11 Å². The molecule has 0 aliphatic rings. The number of hydrogen-bond acceptors (Lipinski definition) is 5. The first-order valence-corrected chi connectivity index (χ1v) is 9.91. The minimum atomic E-state index is -0.146. The monoisotopic (exact) mass is 407 g/mol. The maximum atomic E-state index is 12.5. The van der Waals surface area contributed by atoms with E-state index >= 15 is 0 Å². The van der Waals surface area contributed by atoms with Crippen molar-refractivity contribution in [3.63, 3.8) is 0 Å². The van der Waals surface area contributed by atoms with E-state index in [2.05, 4.69) is 10.3 Å². The molecule has 7 nitrogen and oxygen atoms in total. The number of pyridine rings is 1. The van der Waals surface area contributed by atoms with Crippen LogP contribution in [0.1, 0.15) is 25.3 Å². The fourth-order valence-corrected chi connectivity index (χ4v) is 3.10. The fourth-order valence-electron chi connectivity index (χ4n) is 2.85. The number of nitrogens with zero attached hydrogens (tertiary/aromatic N) is 1. The van der Waals surface area contributed by atoms with Gasteiger partial charge >= 0.3 is 0 Å². The van der Waals surface area contributed by atoms with Gasteiger partial charge in [-0.15, -0.1) is 0 Å². The highest BCUT2D eigenvalue weighted by Gasteiger charge is 2.13. The Morgan fingerprint density at radius 2 is 2.14 bits per heavy atom. The second-order valence-electron chi connectivity index (χ2n) is 6.38. The lowest BCUT2D eigenvalue weighted by molar-refractivity contribution is 0.195. The summed E-state index contributed by atoms with van der Waals surface area (Å²) in [5.41, 5.74) is 1.23. The van der Waals surface area contributed by atoms with Crippen molar-refractivity contribution in [1.82, 2.24) is 15.2 Å². The van der Waals surface area contributed by atoms with Gasteiger partial charge < -0.3 is 29.8 Å². The van der Waals surface area contributed by atoms with E-state index in [1.165, 1.54) is 0 Å². The molecule has 0 saturated carbocycles. The number of fused-ring (bicyclic) bond motifs is 1. The fraction of sp³-hybridized carbons (Fsp3) is 0.500. The Bertz CT molecular complexity index is 825. The second kappa shape index (κ2) is 11.6. The molecule has 1 heterocycles. The van der Waals surface area contributed by atoms with Gasteiger partial charge in [0.15, 0.2) is 5.11 Å². The van der Waals surface area contributed by atoms with E-state index in [-0.39, 0.29) is 12.2 Å². The number of aromatic nitrogens is 1. The van der Waals surface area contributed by atoms with Crippen molar-refractivity contribution < 1.29 is 14.6 Å². The number of aromatic amines is 1. The summed E-state index contributed by atoms with van der Waals surface area (Å²) in [6.07, 6.45) is 1.40. The van der Waals surface area contributed by atoms with Gasteiger partial charge in [0.05, 0.1) is 13.2 Å². The molecule has 1 aromatic heterocycles. The van der Waals surface area contributed by atoms with Crippen molar-refractivity contribution in [3.8, 4) is 5.75 Å². The van der Waals surface area contributed by atoms with Gasteiger partial charge in [0.2, 0.25) is 0 Å². The molecule has 0 amide bonds. The van der Waals surface area contributed by atoms with Gasteiger partial charge in [-0.2, -0.15) is 0 Å². The van der Waals surface area contributed by atoms with Crippen LogP contribution in [0.5, 0.6) is 5.75 Å². The number of aliphatic hydroxyl groups is 1. The maximum Gasteiger partial charge on any atom is 0.253 e. The van der Waals surface area contributed by atoms with Gasteiger partial charge in [-0.05, 0) is 56.2 Å². The molecular weight excluding hydrogens is 378 g/mol. The Kier molecular flexibility index (Phi) is 9.19. The van der Waals surface area contributed by atoms with E-state index in [0.717, 1.165) is 23.1 Å². The summed E-state index contributed by atoms with van der Waals surface area (Å²) in [6.45, 7) is 4.84. The van der Waals surface area contributed by atoms with Crippen molar-refractivity contribution in [2.75, 3.05) is 40.0 Å². The van der Waals surface area contributed by atoms with Crippen LogP contribution < -0.4 is 15.6 Å². The van der Waals surface area contributed by atoms with Crippen LogP contribution in [0.25, 0.3) is 10.9 Å². The second-order valence-corrected chi connectivity index (χ2v) is 6.77. The number of H-pyrrole nitrogens is 1. The highest BCUT2D eigenvalue weighted by molar-refractivity contribution is 7.80. The lowest BCUT2D eigenvalue weighted by Gasteiger charge is -2.25. The van der Waals surface area contributed by atoms with Crippen LogP contribution in [0, 0.1) is 0 Å². The molecule has 0 aliphatic carbocycles. The molecule has 0 unspecified atom stereocenters. The van der Waals surface area contributed by atoms with E-state index in [4.69, 9.17) is 21.7 Å². The number of benzene rings is 1. The predicted octanol–water partition coefficient (Wildman–Crippen LogP) is 2.02. The molecule has 0 spiro atoms. The molecule has 0 atom stereocenters. The first kappa shape index (κ1) is 22.1. The third kappa shape index (κ3) is 6.47. The minimum Gasteiger partial charge on any atom is -0.494 e. The minimum absolute atomic E-state index is 0.0641. The van der Waals surface area contributed by atoms with Crippen molar-refractivity contribution >= 4 is 28.2 Å². The number of hydrogen-bond donors (Lipinski definition) is 3. The number of methoxy groups -OCH3 is 1. The number of ether oxygens (including phenoxy) is 2. The molecular formula is C20H29N3O4S. The maximum absolute atomic E-state index is 12.5. The average molecular weight is 408 g/mol. The molecule has 0 saturated heterocycles. The predicted molar refractivity (Wildman–Crippen MR) is 115 cm³/mol. The first-order chi connectivity index (χ1) is 13.6. The van der Waals surface area contributed by atoms with Crippen molar-refractivity contribution in [2.24, 2.45) is 0 Å². The zero-order valence-electron chi connectivity index (χ0n) is 16.5. The number of thiocarbonyl (C=S) groups is 1. The van der Waals surface area contributed by atoms with Crippen LogP contribution in [0.4, 0.5) is 0 Å². The average Bonchev–Trinajstić information content (AvgIpc) is 2.69. The number of rotatable bonds is 11. The highest BCUT2D eigenvalue weighted by atomic mass is 32.1. The van der Waals surface area contributed by atoms with Crippen LogP contribution in [-0.4, -0.2) is 60.1 Å². The molecule has 28 heavy (non-hydrogen) atoms. The van der Waals surface area contributed by atoms with Crippen molar-refractivity contribution in [1.29, 1.82) is 0 Å². The molecule has 2 aromatic rings. The van der Waals surface area contributed by atoms with E-state index in [1.807, 2.05) is 36.1 Å². The summed E-state index contributed by atoms with van der Waals surface area (Å²) in [4.78, 5) is 17.4. The quantitative estimate of drug-likeness (QED) is 0.388.